The van der Waals surface area contributed by atoms with Gasteiger partial charge in [-0.25, -0.2) is 24.7 Å². The number of anilines is 2. The van der Waals surface area contributed by atoms with E-state index in [-0.39, 0.29) is 22.3 Å². The molecule has 0 saturated carbocycles. The van der Waals surface area contributed by atoms with Crippen molar-refractivity contribution >= 4 is 27.7 Å². The number of piperidine rings is 1. The number of carbonyl (C=O) groups is 1. The van der Waals surface area contributed by atoms with Crippen LogP contribution in [0.3, 0.4) is 0 Å². The van der Waals surface area contributed by atoms with Gasteiger partial charge in [-0.15, -0.1) is 0 Å². The highest BCUT2D eigenvalue weighted by atomic mass is 32.2. The first-order valence-corrected chi connectivity index (χ1v) is 14.7. The molecule has 3 N–H and O–H groups in total. The molecular weight excluding hydrogens is 542 g/mol. The lowest BCUT2D eigenvalue weighted by atomic mass is 10.1. The van der Waals surface area contributed by atoms with Crippen LogP contribution in [0.4, 0.5) is 11.8 Å². The molecule has 11 nitrogen and oxygen atoms in total. The van der Waals surface area contributed by atoms with Gasteiger partial charge in [-0.1, -0.05) is 23.8 Å². The number of sulfonamides is 1. The second kappa shape index (κ2) is 11.5. The topological polar surface area (TPSA) is 153 Å². The number of rotatable bonds is 7. The summed E-state index contributed by atoms with van der Waals surface area (Å²) in [6.45, 7) is 7.60. The lowest BCUT2D eigenvalue weighted by Gasteiger charge is -2.26. The Bertz CT molecular complexity index is 1680. The van der Waals surface area contributed by atoms with Crippen LogP contribution < -0.4 is 20.1 Å². The molecule has 12 heteroatoms. The largest absolute Gasteiger partial charge is 0.438 e. The Morgan fingerprint density at radius 1 is 0.951 bits per heavy atom. The minimum atomic E-state index is -4.32. The number of benzene rings is 1. The standard InChI is InChI=1S/C29H31N7O4S/c1-18-14-19(2)26(20(3)15-18)40-28-22(27(37)35-41(38,39)25-9-7-8-24(30)34-25)10-11-23(33-28)21-16-31-29(32-17-21)36-12-5-4-6-13-36/h7-11,14-17H,4-6,12-13H2,1-3H3,(H2,30,34)(H,35,37). The second-order valence-electron chi connectivity index (χ2n) is 10.0. The minimum absolute atomic E-state index is 0.00853. The molecule has 212 valence electrons. The van der Waals surface area contributed by atoms with Gasteiger partial charge in [-0.05, 0) is 75.4 Å². The zero-order valence-electron chi connectivity index (χ0n) is 23.1. The predicted octanol–water partition coefficient (Wildman–Crippen LogP) is 4.34. The number of hydrogen-bond donors (Lipinski definition) is 2. The summed E-state index contributed by atoms with van der Waals surface area (Å²) in [7, 11) is -4.32. The van der Waals surface area contributed by atoms with Gasteiger partial charge >= 0.3 is 0 Å². The van der Waals surface area contributed by atoms with Gasteiger partial charge in [0.1, 0.15) is 17.1 Å². The summed E-state index contributed by atoms with van der Waals surface area (Å²) < 4.78 is 34.1. The van der Waals surface area contributed by atoms with Gasteiger partial charge in [0.25, 0.3) is 15.9 Å². The van der Waals surface area contributed by atoms with E-state index in [1.807, 2.05) is 37.6 Å². The number of aryl methyl sites for hydroxylation is 3. The molecule has 5 rings (SSSR count). The zero-order chi connectivity index (χ0) is 29.1. The van der Waals surface area contributed by atoms with E-state index in [2.05, 4.69) is 24.8 Å². The number of nitrogens with one attached hydrogen (secondary N) is 1. The lowest BCUT2D eigenvalue weighted by molar-refractivity contribution is 0.0978. The van der Waals surface area contributed by atoms with Crippen molar-refractivity contribution < 1.29 is 17.9 Å². The van der Waals surface area contributed by atoms with Crippen LogP contribution >= 0.6 is 0 Å². The van der Waals surface area contributed by atoms with Crippen molar-refractivity contribution in [2.45, 2.75) is 45.1 Å². The SMILES string of the molecule is Cc1cc(C)c(Oc2nc(-c3cnc(N4CCCCC4)nc3)ccc2C(=O)NS(=O)(=O)c2cccc(N)n2)c(C)c1. The molecular formula is C29H31N7O4S. The van der Waals surface area contributed by atoms with Crippen molar-refractivity contribution in [1.29, 1.82) is 0 Å². The van der Waals surface area contributed by atoms with E-state index in [9.17, 15) is 13.2 Å². The Hall–Kier alpha value is -4.58. The first-order valence-electron chi connectivity index (χ1n) is 13.2. The summed E-state index contributed by atoms with van der Waals surface area (Å²) in [5.74, 6) is 0.195. The van der Waals surface area contributed by atoms with Gasteiger partial charge in [0.2, 0.25) is 11.8 Å². The van der Waals surface area contributed by atoms with E-state index >= 15 is 0 Å². The van der Waals surface area contributed by atoms with Gasteiger partial charge in [0.15, 0.2) is 5.03 Å². The Kier molecular flexibility index (Phi) is 7.84. The van der Waals surface area contributed by atoms with Crippen LogP contribution in [0.5, 0.6) is 11.6 Å². The molecule has 0 spiro atoms. The van der Waals surface area contributed by atoms with Crippen molar-refractivity contribution in [1.82, 2.24) is 24.7 Å². The lowest BCUT2D eigenvalue weighted by Crippen LogP contribution is -2.31. The summed E-state index contributed by atoms with van der Waals surface area (Å²) in [6, 6.07) is 11.1. The average molecular weight is 574 g/mol. The van der Waals surface area contributed by atoms with Crippen LogP contribution in [0.1, 0.15) is 46.3 Å². The molecule has 4 heterocycles. The molecule has 1 amide bonds. The molecule has 3 aromatic heterocycles. The highest BCUT2D eigenvalue weighted by Gasteiger charge is 2.25. The van der Waals surface area contributed by atoms with Crippen molar-refractivity contribution in [3.63, 3.8) is 0 Å². The van der Waals surface area contributed by atoms with Crippen LogP contribution in [-0.2, 0) is 10.0 Å². The Labute approximate surface area is 238 Å². The quantitative estimate of drug-likeness (QED) is 0.326. The second-order valence-corrected chi connectivity index (χ2v) is 11.7. The fourth-order valence-electron chi connectivity index (χ4n) is 4.80. The van der Waals surface area contributed by atoms with Gasteiger partial charge < -0.3 is 15.4 Å². The van der Waals surface area contributed by atoms with E-state index < -0.39 is 15.9 Å². The predicted molar refractivity (Wildman–Crippen MR) is 155 cm³/mol. The molecule has 0 atom stereocenters. The number of pyridine rings is 2. The minimum Gasteiger partial charge on any atom is -0.438 e. The molecule has 0 unspecified atom stereocenters. The molecule has 4 aromatic rings. The highest BCUT2D eigenvalue weighted by Crippen LogP contribution is 2.32. The Balaban J connectivity index is 1.51. The number of carbonyl (C=O) groups excluding carboxylic acids is 1. The number of nitrogens with two attached hydrogens (primary N) is 1. The number of amides is 1. The third kappa shape index (κ3) is 6.27. The number of nitrogen functional groups attached to an aromatic ring is 1. The third-order valence-corrected chi connectivity index (χ3v) is 7.96. The smallest absolute Gasteiger partial charge is 0.281 e. The summed E-state index contributed by atoms with van der Waals surface area (Å²) in [5, 5.41) is -0.380. The monoisotopic (exact) mass is 573 g/mol. The van der Waals surface area contributed by atoms with Crippen molar-refractivity contribution in [3.8, 4) is 22.9 Å². The van der Waals surface area contributed by atoms with Gasteiger partial charge in [-0.2, -0.15) is 8.42 Å². The Morgan fingerprint density at radius 2 is 1.63 bits per heavy atom. The molecule has 1 saturated heterocycles. The highest BCUT2D eigenvalue weighted by molar-refractivity contribution is 7.90. The van der Waals surface area contributed by atoms with E-state index in [1.54, 1.807) is 18.5 Å². The maximum atomic E-state index is 13.3. The van der Waals surface area contributed by atoms with Crippen LogP contribution in [0.25, 0.3) is 11.3 Å². The zero-order valence-corrected chi connectivity index (χ0v) is 23.9. The fraction of sp³-hybridized carbons (Fsp3) is 0.276. The number of aromatic nitrogens is 4. The third-order valence-electron chi connectivity index (χ3n) is 6.73. The van der Waals surface area contributed by atoms with E-state index in [0.29, 0.717) is 23.0 Å². The van der Waals surface area contributed by atoms with E-state index in [1.165, 1.54) is 30.7 Å². The van der Waals surface area contributed by atoms with Gasteiger partial charge in [0.05, 0.1) is 5.69 Å². The maximum Gasteiger partial charge on any atom is 0.281 e. The molecule has 0 bridgehead atoms. The summed E-state index contributed by atoms with van der Waals surface area (Å²) in [6.07, 6.45) is 6.79. The molecule has 1 aromatic carbocycles. The van der Waals surface area contributed by atoms with E-state index in [0.717, 1.165) is 42.6 Å². The first-order chi connectivity index (χ1) is 19.6. The molecule has 0 aliphatic carbocycles. The van der Waals surface area contributed by atoms with Crippen molar-refractivity contribution in [3.05, 3.63) is 77.1 Å². The molecule has 41 heavy (non-hydrogen) atoms. The number of hydrogen-bond acceptors (Lipinski definition) is 10. The fourth-order valence-corrected chi connectivity index (χ4v) is 5.74. The van der Waals surface area contributed by atoms with Crippen molar-refractivity contribution in [2.24, 2.45) is 0 Å². The molecule has 1 aliphatic rings. The molecule has 0 radical (unpaired) electrons. The normalized spacial score (nSPS) is 13.6. The summed E-state index contributed by atoms with van der Waals surface area (Å²) in [5.41, 5.74) is 9.38. The van der Waals surface area contributed by atoms with Crippen LogP contribution in [0.2, 0.25) is 0 Å². The Morgan fingerprint density at radius 3 is 2.29 bits per heavy atom. The van der Waals surface area contributed by atoms with Crippen LogP contribution in [-0.4, -0.2) is 47.4 Å². The van der Waals surface area contributed by atoms with Crippen LogP contribution in [0.15, 0.2) is 59.9 Å². The first kappa shape index (κ1) is 28.0. The van der Waals surface area contributed by atoms with Gasteiger partial charge in [-0.3, -0.25) is 4.79 Å². The number of nitrogens with zero attached hydrogens (tertiary/aromatic N) is 5. The molecule has 1 aliphatic heterocycles. The number of ether oxygens (including phenoxy) is 1. The van der Waals surface area contributed by atoms with Crippen LogP contribution in [0, 0.1) is 20.8 Å². The molecule has 1 fully saturated rings. The van der Waals surface area contributed by atoms with Gasteiger partial charge in [0, 0.05) is 31.0 Å². The van der Waals surface area contributed by atoms with Crippen molar-refractivity contribution in [2.75, 3.05) is 23.7 Å². The van der Waals surface area contributed by atoms with E-state index in [4.69, 9.17) is 10.5 Å². The summed E-state index contributed by atoms with van der Waals surface area (Å²) in [4.78, 5) is 33.0. The summed E-state index contributed by atoms with van der Waals surface area (Å²) >= 11 is 0. The average Bonchev–Trinajstić information content (AvgIpc) is 2.95. The maximum absolute atomic E-state index is 13.3.